The third-order valence-electron chi connectivity index (χ3n) is 4.01. The monoisotopic (exact) mass is 347 g/mol. The number of nitrogens with one attached hydrogen (secondary N) is 1. The average molecular weight is 347 g/mol. The fourth-order valence-corrected chi connectivity index (χ4v) is 2.46. The first-order valence-electron chi connectivity index (χ1n) is 7.80. The summed E-state index contributed by atoms with van der Waals surface area (Å²) in [5.74, 6) is 0.193. The SMILES string of the molecule is CN(C)c1cc(C(F)(F)F)nc(NCC(C)(C)N2CCOCC2)n1. The van der Waals surface area contributed by atoms with Gasteiger partial charge in [0.2, 0.25) is 5.95 Å². The fraction of sp³-hybridized carbons (Fsp3) is 0.733. The Bertz CT molecular complexity index is 557. The molecule has 1 aliphatic rings. The van der Waals surface area contributed by atoms with Gasteiger partial charge < -0.3 is 15.0 Å². The van der Waals surface area contributed by atoms with Crippen LogP contribution in [0.25, 0.3) is 0 Å². The Morgan fingerprint density at radius 1 is 1.21 bits per heavy atom. The summed E-state index contributed by atoms with van der Waals surface area (Å²) in [5.41, 5.74) is -1.20. The van der Waals surface area contributed by atoms with Crippen LogP contribution in [-0.4, -0.2) is 67.4 Å². The zero-order chi connectivity index (χ0) is 18.0. The molecule has 0 atom stereocenters. The largest absolute Gasteiger partial charge is 0.433 e. The summed E-state index contributed by atoms with van der Waals surface area (Å²) >= 11 is 0. The number of hydrogen-bond acceptors (Lipinski definition) is 6. The third kappa shape index (κ3) is 4.70. The second-order valence-corrected chi connectivity index (χ2v) is 6.59. The highest BCUT2D eigenvalue weighted by molar-refractivity contribution is 5.44. The van der Waals surface area contributed by atoms with E-state index < -0.39 is 11.9 Å². The van der Waals surface area contributed by atoms with Crippen LogP contribution in [0.4, 0.5) is 24.9 Å². The van der Waals surface area contributed by atoms with E-state index in [1.807, 2.05) is 13.8 Å². The maximum absolute atomic E-state index is 13.0. The van der Waals surface area contributed by atoms with Crippen molar-refractivity contribution >= 4 is 11.8 Å². The lowest BCUT2D eigenvalue weighted by Gasteiger charge is -2.40. The number of aromatic nitrogens is 2. The van der Waals surface area contributed by atoms with E-state index in [1.54, 1.807) is 14.1 Å². The number of morpholine rings is 1. The summed E-state index contributed by atoms with van der Waals surface area (Å²) in [6.45, 7) is 7.41. The van der Waals surface area contributed by atoms with E-state index in [2.05, 4.69) is 20.2 Å². The highest BCUT2D eigenvalue weighted by Gasteiger charge is 2.34. The number of rotatable bonds is 5. The van der Waals surface area contributed by atoms with Gasteiger partial charge in [-0.2, -0.15) is 18.2 Å². The smallest absolute Gasteiger partial charge is 0.379 e. The van der Waals surface area contributed by atoms with E-state index in [1.165, 1.54) is 4.90 Å². The molecule has 0 aliphatic carbocycles. The van der Waals surface area contributed by atoms with Gasteiger partial charge in [-0.1, -0.05) is 0 Å². The number of anilines is 2. The van der Waals surface area contributed by atoms with Crippen molar-refractivity contribution < 1.29 is 17.9 Å². The Balaban J connectivity index is 2.14. The molecule has 2 rings (SSSR count). The maximum Gasteiger partial charge on any atom is 0.433 e. The van der Waals surface area contributed by atoms with Crippen LogP contribution in [0.1, 0.15) is 19.5 Å². The van der Waals surface area contributed by atoms with Crippen LogP contribution in [0.2, 0.25) is 0 Å². The minimum atomic E-state index is -4.51. The molecular formula is C15H24F3N5O. The summed E-state index contributed by atoms with van der Waals surface area (Å²) in [6.07, 6.45) is -4.51. The van der Waals surface area contributed by atoms with Crippen LogP contribution in [0.5, 0.6) is 0 Å². The van der Waals surface area contributed by atoms with E-state index in [9.17, 15) is 13.2 Å². The van der Waals surface area contributed by atoms with Gasteiger partial charge in [0.25, 0.3) is 0 Å². The number of alkyl halides is 3. The predicted octanol–water partition coefficient (Wildman–Crippen LogP) is 2.08. The standard InChI is InChI=1S/C15H24F3N5O/c1-14(2,23-5-7-24-8-6-23)10-19-13-20-11(15(16,17)18)9-12(21-13)22(3)4/h9H,5-8,10H2,1-4H3,(H,19,20,21). The number of hydrogen-bond donors (Lipinski definition) is 1. The minimum Gasteiger partial charge on any atom is -0.379 e. The predicted molar refractivity (Wildman–Crippen MR) is 86.3 cm³/mol. The van der Waals surface area contributed by atoms with Crippen LogP contribution in [0, 0.1) is 0 Å². The molecule has 2 heterocycles. The normalized spacial score (nSPS) is 17.0. The lowest BCUT2D eigenvalue weighted by molar-refractivity contribution is -0.141. The van der Waals surface area contributed by atoms with E-state index in [4.69, 9.17) is 4.74 Å². The molecule has 0 aromatic carbocycles. The van der Waals surface area contributed by atoms with Crippen LogP contribution < -0.4 is 10.2 Å². The first kappa shape index (κ1) is 18.7. The van der Waals surface area contributed by atoms with Crippen molar-refractivity contribution in [3.63, 3.8) is 0 Å². The second-order valence-electron chi connectivity index (χ2n) is 6.59. The van der Waals surface area contributed by atoms with Crippen molar-refractivity contribution in [3.05, 3.63) is 11.8 Å². The molecular weight excluding hydrogens is 323 g/mol. The Morgan fingerprint density at radius 3 is 2.38 bits per heavy atom. The van der Waals surface area contributed by atoms with Crippen molar-refractivity contribution in [1.29, 1.82) is 0 Å². The first-order chi connectivity index (χ1) is 11.1. The summed E-state index contributed by atoms with van der Waals surface area (Å²) in [5, 5.41) is 2.96. The van der Waals surface area contributed by atoms with Gasteiger partial charge in [-0.05, 0) is 13.8 Å². The third-order valence-corrected chi connectivity index (χ3v) is 4.01. The lowest BCUT2D eigenvalue weighted by Crippen LogP contribution is -2.53. The molecule has 0 radical (unpaired) electrons. The highest BCUT2D eigenvalue weighted by Crippen LogP contribution is 2.30. The van der Waals surface area contributed by atoms with Crippen molar-refractivity contribution in [3.8, 4) is 0 Å². The van der Waals surface area contributed by atoms with Gasteiger partial charge in [0.1, 0.15) is 5.82 Å². The van der Waals surface area contributed by atoms with Crippen LogP contribution in [0.15, 0.2) is 6.07 Å². The van der Waals surface area contributed by atoms with Crippen LogP contribution in [0.3, 0.4) is 0 Å². The molecule has 0 amide bonds. The number of ether oxygens (including phenoxy) is 1. The highest BCUT2D eigenvalue weighted by atomic mass is 19.4. The lowest BCUT2D eigenvalue weighted by atomic mass is 10.0. The quantitative estimate of drug-likeness (QED) is 0.880. The molecule has 0 unspecified atom stereocenters. The van der Waals surface area contributed by atoms with E-state index in [0.717, 1.165) is 19.2 Å². The summed E-state index contributed by atoms with van der Waals surface area (Å²) in [4.78, 5) is 11.5. The van der Waals surface area contributed by atoms with Gasteiger partial charge in [0.15, 0.2) is 5.69 Å². The van der Waals surface area contributed by atoms with E-state index >= 15 is 0 Å². The molecule has 0 spiro atoms. The van der Waals surface area contributed by atoms with E-state index in [-0.39, 0.29) is 17.3 Å². The fourth-order valence-electron chi connectivity index (χ4n) is 2.46. The first-order valence-corrected chi connectivity index (χ1v) is 7.80. The van der Waals surface area contributed by atoms with Crippen molar-refractivity contribution in [2.45, 2.75) is 25.6 Å². The molecule has 1 aromatic rings. The van der Waals surface area contributed by atoms with Crippen molar-refractivity contribution in [2.24, 2.45) is 0 Å². The van der Waals surface area contributed by atoms with Gasteiger partial charge in [-0.25, -0.2) is 4.98 Å². The summed E-state index contributed by atoms with van der Waals surface area (Å²) in [7, 11) is 3.29. The molecule has 0 saturated carbocycles. The molecule has 1 aliphatic heterocycles. The van der Waals surface area contributed by atoms with Crippen LogP contribution >= 0.6 is 0 Å². The molecule has 6 nitrogen and oxygen atoms in total. The van der Waals surface area contributed by atoms with Crippen molar-refractivity contribution in [2.75, 3.05) is 57.2 Å². The second kappa shape index (κ2) is 7.10. The zero-order valence-corrected chi connectivity index (χ0v) is 14.4. The minimum absolute atomic E-state index is 0.0186. The Kier molecular flexibility index (Phi) is 5.54. The molecule has 24 heavy (non-hydrogen) atoms. The van der Waals surface area contributed by atoms with Gasteiger partial charge in [0, 0.05) is 45.3 Å². The van der Waals surface area contributed by atoms with Gasteiger partial charge in [0.05, 0.1) is 13.2 Å². The molecule has 1 fully saturated rings. The average Bonchev–Trinajstić information content (AvgIpc) is 2.53. The maximum atomic E-state index is 13.0. The molecule has 1 aromatic heterocycles. The summed E-state index contributed by atoms with van der Waals surface area (Å²) < 4.78 is 44.4. The van der Waals surface area contributed by atoms with Crippen LogP contribution in [-0.2, 0) is 10.9 Å². The van der Waals surface area contributed by atoms with Gasteiger partial charge in [-0.3, -0.25) is 4.90 Å². The molecule has 1 saturated heterocycles. The topological polar surface area (TPSA) is 53.5 Å². The Labute approximate surface area is 140 Å². The Hall–Kier alpha value is -1.61. The Morgan fingerprint density at radius 2 is 1.83 bits per heavy atom. The number of nitrogens with zero attached hydrogens (tertiary/aromatic N) is 4. The van der Waals surface area contributed by atoms with Gasteiger partial charge in [-0.15, -0.1) is 0 Å². The molecule has 136 valence electrons. The molecule has 1 N–H and O–H groups in total. The molecule has 0 bridgehead atoms. The van der Waals surface area contributed by atoms with E-state index in [0.29, 0.717) is 19.8 Å². The zero-order valence-electron chi connectivity index (χ0n) is 14.4. The molecule has 9 heteroatoms. The van der Waals surface area contributed by atoms with Gasteiger partial charge >= 0.3 is 6.18 Å². The number of halogens is 3. The summed E-state index contributed by atoms with van der Waals surface area (Å²) in [6, 6.07) is 0.943. The van der Waals surface area contributed by atoms with Crippen molar-refractivity contribution in [1.82, 2.24) is 14.9 Å².